The van der Waals surface area contributed by atoms with E-state index < -0.39 is 0 Å². The van der Waals surface area contributed by atoms with Crippen molar-refractivity contribution in [1.82, 2.24) is 5.32 Å². The molecule has 0 bridgehead atoms. The van der Waals surface area contributed by atoms with Gasteiger partial charge in [-0.15, -0.1) is 0 Å². The van der Waals surface area contributed by atoms with E-state index in [-0.39, 0.29) is 11.9 Å². The molecular formula is C13H15NO3. The minimum atomic E-state index is -0.160. The van der Waals surface area contributed by atoms with Crippen LogP contribution in [0.3, 0.4) is 0 Å². The number of nitrogens with one attached hydrogen (secondary N) is 1. The summed E-state index contributed by atoms with van der Waals surface area (Å²) in [6, 6.07) is 5.20. The van der Waals surface area contributed by atoms with Gasteiger partial charge in [-0.2, -0.15) is 0 Å². The molecule has 1 atom stereocenters. The highest BCUT2D eigenvalue weighted by molar-refractivity contribution is 5.95. The molecule has 1 N–H and O–H groups in total. The van der Waals surface area contributed by atoms with Gasteiger partial charge in [-0.3, -0.25) is 4.79 Å². The summed E-state index contributed by atoms with van der Waals surface area (Å²) in [7, 11) is 0. The Labute approximate surface area is 99.6 Å². The molecule has 0 aromatic carbocycles. The first-order valence-electron chi connectivity index (χ1n) is 5.49. The van der Waals surface area contributed by atoms with E-state index in [1.54, 1.807) is 25.3 Å². The molecule has 0 aliphatic heterocycles. The molecule has 2 rings (SSSR count). The first-order chi connectivity index (χ1) is 8.08. The highest BCUT2D eigenvalue weighted by Gasteiger charge is 2.17. The molecule has 0 saturated heterocycles. The lowest BCUT2D eigenvalue weighted by Gasteiger charge is -2.10. The number of aryl methyl sites for hydroxylation is 2. The summed E-state index contributed by atoms with van der Waals surface area (Å²) >= 11 is 0. The van der Waals surface area contributed by atoms with Crippen LogP contribution < -0.4 is 5.32 Å². The molecule has 0 spiro atoms. The Balaban J connectivity index is 2.09. The molecule has 0 radical (unpaired) electrons. The Morgan fingerprint density at radius 1 is 1.41 bits per heavy atom. The average Bonchev–Trinajstić information content (AvgIpc) is 2.87. The first kappa shape index (κ1) is 11.5. The Kier molecular flexibility index (Phi) is 3.04. The Morgan fingerprint density at radius 2 is 2.18 bits per heavy atom. The van der Waals surface area contributed by atoms with Crippen LogP contribution in [-0.2, 0) is 0 Å². The van der Waals surface area contributed by atoms with Crippen LogP contribution >= 0.6 is 0 Å². The van der Waals surface area contributed by atoms with Gasteiger partial charge in [0.15, 0.2) is 0 Å². The van der Waals surface area contributed by atoms with Crippen molar-refractivity contribution in [2.45, 2.75) is 26.8 Å². The Hall–Kier alpha value is -1.97. The van der Waals surface area contributed by atoms with Gasteiger partial charge in [-0.25, -0.2) is 0 Å². The molecule has 2 aromatic rings. The standard InChI is InChI=1S/C13H15NO3/c1-8-7-11(10(3)17-8)13(15)14-9(2)12-5-4-6-16-12/h4-7,9H,1-3H3,(H,14,15). The highest BCUT2D eigenvalue weighted by atomic mass is 16.3. The van der Waals surface area contributed by atoms with E-state index in [2.05, 4.69) is 5.32 Å². The van der Waals surface area contributed by atoms with E-state index in [0.29, 0.717) is 11.3 Å². The van der Waals surface area contributed by atoms with Gasteiger partial charge in [0.25, 0.3) is 5.91 Å². The van der Waals surface area contributed by atoms with Crippen molar-refractivity contribution >= 4 is 5.91 Å². The van der Waals surface area contributed by atoms with Gasteiger partial charge in [-0.1, -0.05) is 0 Å². The third kappa shape index (κ3) is 2.41. The van der Waals surface area contributed by atoms with Crippen molar-refractivity contribution < 1.29 is 13.6 Å². The predicted octanol–water partition coefficient (Wildman–Crippen LogP) is 2.98. The molecule has 0 fully saturated rings. The van der Waals surface area contributed by atoms with E-state index in [1.165, 1.54) is 0 Å². The lowest BCUT2D eigenvalue weighted by molar-refractivity contribution is 0.0934. The summed E-state index contributed by atoms with van der Waals surface area (Å²) in [5.41, 5.74) is 0.570. The van der Waals surface area contributed by atoms with Crippen molar-refractivity contribution in [3.8, 4) is 0 Å². The van der Waals surface area contributed by atoms with E-state index in [4.69, 9.17) is 8.83 Å². The molecule has 0 saturated carbocycles. The summed E-state index contributed by atoms with van der Waals surface area (Å²) in [5.74, 6) is 1.95. The molecule has 0 aliphatic carbocycles. The largest absolute Gasteiger partial charge is 0.467 e. The summed E-state index contributed by atoms with van der Waals surface area (Å²) in [4.78, 5) is 12.0. The second-order valence-electron chi connectivity index (χ2n) is 4.04. The Morgan fingerprint density at radius 3 is 2.71 bits per heavy atom. The molecule has 17 heavy (non-hydrogen) atoms. The first-order valence-corrected chi connectivity index (χ1v) is 5.49. The molecule has 1 amide bonds. The van der Waals surface area contributed by atoms with Gasteiger partial charge in [0.05, 0.1) is 17.9 Å². The number of furan rings is 2. The molecule has 2 heterocycles. The predicted molar refractivity (Wildman–Crippen MR) is 62.8 cm³/mol. The maximum absolute atomic E-state index is 12.0. The van der Waals surface area contributed by atoms with Crippen LogP contribution in [0, 0.1) is 13.8 Å². The van der Waals surface area contributed by atoms with E-state index >= 15 is 0 Å². The fraction of sp³-hybridized carbons (Fsp3) is 0.308. The fourth-order valence-corrected chi connectivity index (χ4v) is 1.74. The van der Waals surface area contributed by atoms with Crippen molar-refractivity contribution in [3.05, 3.63) is 47.3 Å². The van der Waals surface area contributed by atoms with E-state index in [0.717, 1.165) is 11.5 Å². The van der Waals surface area contributed by atoms with Crippen molar-refractivity contribution in [2.24, 2.45) is 0 Å². The number of amides is 1. The third-order valence-electron chi connectivity index (χ3n) is 2.60. The lowest BCUT2D eigenvalue weighted by Crippen LogP contribution is -2.26. The monoisotopic (exact) mass is 233 g/mol. The Bertz CT molecular complexity index is 511. The number of rotatable bonds is 3. The number of hydrogen-bond acceptors (Lipinski definition) is 3. The van der Waals surface area contributed by atoms with Crippen molar-refractivity contribution in [2.75, 3.05) is 0 Å². The second-order valence-corrected chi connectivity index (χ2v) is 4.04. The van der Waals surface area contributed by atoms with Crippen molar-refractivity contribution in [3.63, 3.8) is 0 Å². The van der Waals surface area contributed by atoms with Crippen LogP contribution in [0.15, 0.2) is 33.3 Å². The maximum atomic E-state index is 12.0. The van der Waals surface area contributed by atoms with Crippen LogP contribution in [0.4, 0.5) is 0 Å². The van der Waals surface area contributed by atoms with Crippen LogP contribution in [-0.4, -0.2) is 5.91 Å². The van der Waals surface area contributed by atoms with Crippen LogP contribution in [0.5, 0.6) is 0 Å². The van der Waals surface area contributed by atoms with Gasteiger partial charge in [0.2, 0.25) is 0 Å². The lowest BCUT2D eigenvalue weighted by atomic mass is 10.2. The number of carbonyl (C=O) groups is 1. The fourth-order valence-electron chi connectivity index (χ4n) is 1.74. The number of carbonyl (C=O) groups excluding carboxylic acids is 1. The average molecular weight is 233 g/mol. The molecule has 90 valence electrons. The summed E-state index contributed by atoms with van der Waals surface area (Å²) in [6.45, 7) is 5.47. The summed E-state index contributed by atoms with van der Waals surface area (Å²) < 4.78 is 10.6. The smallest absolute Gasteiger partial charge is 0.255 e. The van der Waals surface area contributed by atoms with Crippen LogP contribution in [0.25, 0.3) is 0 Å². The van der Waals surface area contributed by atoms with Gasteiger partial charge < -0.3 is 14.2 Å². The minimum Gasteiger partial charge on any atom is -0.467 e. The zero-order chi connectivity index (χ0) is 12.4. The topological polar surface area (TPSA) is 55.4 Å². The van der Waals surface area contributed by atoms with Gasteiger partial charge >= 0.3 is 0 Å². The van der Waals surface area contributed by atoms with Gasteiger partial charge in [0.1, 0.15) is 17.3 Å². The summed E-state index contributed by atoms with van der Waals surface area (Å²) in [5, 5.41) is 2.86. The normalized spacial score (nSPS) is 12.4. The maximum Gasteiger partial charge on any atom is 0.255 e. The molecule has 1 unspecified atom stereocenters. The molecular weight excluding hydrogens is 218 g/mol. The zero-order valence-electron chi connectivity index (χ0n) is 10.1. The van der Waals surface area contributed by atoms with Gasteiger partial charge in [-0.05, 0) is 39.0 Å². The van der Waals surface area contributed by atoms with Crippen LogP contribution in [0.1, 0.15) is 40.6 Å². The summed E-state index contributed by atoms with van der Waals surface area (Å²) in [6.07, 6.45) is 1.59. The van der Waals surface area contributed by atoms with Gasteiger partial charge in [0, 0.05) is 0 Å². The van der Waals surface area contributed by atoms with E-state index in [9.17, 15) is 4.79 Å². The SMILES string of the molecule is Cc1cc(C(=O)NC(C)c2ccco2)c(C)o1. The quantitative estimate of drug-likeness (QED) is 0.886. The minimum absolute atomic E-state index is 0.150. The molecule has 2 aromatic heterocycles. The highest BCUT2D eigenvalue weighted by Crippen LogP contribution is 2.17. The third-order valence-corrected chi connectivity index (χ3v) is 2.60. The molecule has 0 aliphatic rings. The van der Waals surface area contributed by atoms with Crippen LogP contribution in [0.2, 0.25) is 0 Å². The second kappa shape index (κ2) is 4.49. The number of hydrogen-bond donors (Lipinski definition) is 1. The van der Waals surface area contributed by atoms with Crippen molar-refractivity contribution in [1.29, 1.82) is 0 Å². The zero-order valence-corrected chi connectivity index (χ0v) is 10.1. The molecule has 4 nitrogen and oxygen atoms in total. The molecule has 4 heteroatoms. The van der Waals surface area contributed by atoms with E-state index in [1.807, 2.05) is 19.9 Å².